The van der Waals surface area contributed by atoms with Gasteiger partial charge in [-0.25, -0.2) is 0 Å². The van der Waals surface area contributed by atoms with Gasteiger partial charge in [-0.2, -0.15) is 0 Å². The van der Waals surface area contributed by atoms with Gasteiger partial charge >= 0.3 is 0 Å². The molecule has 0 aromatic rings. The van der Waals surface area contributed by atoms with Crippen LogP contribution < -0.4 is 5.73 Å². The van der Waals surface area contributed by atoms with Crippen molar-refractivity contribution in [2.45, 2.75) is 58.6 Å². The number of hydrogen-bond donors (Lipinski definition) is 1. The summed E-state index contributed by atoms with van der Waals surface area (Å²) in [5, 5.41) is 0. The van der Waals surface area contributed by atoms with Crippen molar-refractivity contribution in [1.29, 1.82) is 0 Å². The number of likely N-dealkylation sites (tertiary alicyclic amines) is 1. The minimum Gasteiger partial charge on any atom is -0.377 e. The molecule has 2 N–H and O–H groups in total. The van der Waals surface area contributed by atoms with E-state index in [1.54, 1.807) is 0 Å². The molecule has 0 aromatic heterocycles. The molecule has 1 saturated carbocycles. The van der Waals surface area contributed by atoms with Gasteiger partial charge in [-0.3, -0.25) is 0 Å². The molecule has 0 bridgehead atoms. The quantitative estimate of drug-likeness (QED) is 0.833. The first-order valence-electron chi connectivity index (χ1n) is 7.89. The summed E-state index contributed by atoms with van der Waals surface area (Å²) >= 11 is 0. The molecule has 3 atom stereocenters. The van der Waals surface area contributed by atoms with Crippen LogP contribution in [0.4, 0.5) is 0 Å². The van der Waals surface area contributed by atoms with Crippen LogP contribution in [-0.4, -0.2) is 42.8 Å². The van der Waals surface area contributed by atoms with Crippen molar-refractivity contribution in [2.24, 2.45) is 22.5 Å². The molecule has 2 aliphatic heterocycles. The first kappa shape index (κ1) is 13.8. The predicted molar refractivity (Wildman–Crippen MR) is 78.0 cm³/mol. The van der Waals surface area contributed by atoms with Gasteiger partial charge in [-0.1, -0.05) is 27.7 Å². The minimum absolute atomic E-state index is 0.0570. The van der Waals surface area contributed by atoms with E-state index in [9.17, 15) is 0 Å². The number of ether oxygens (including phenoxy) is 1. The third kappa shape index (κ3) is 1.97. The van der Waals surface area contributed by atoms with Gasteiger partial charge in [0.1, 0.15) is 0 Å². The smallest absolute Gasteiger partial charge is 0.0690 e. The van der Waals surface area contributed by atoms with Crippen molar-refractivity contribution in [3.8, 4) is 0 Å². The summed E-state index contributed by atoms with van der Waals surface area (Å²) in [6, 6.07) is 0. The zero-order chi connectivity index (χ0) is 13.9. The average Bonchev–Trinajstić information content (AvgIpc) is 2.68. The Labute approximate surface area is 117 Å². The first-order chi connectivity index (χ1) is 8.76. The zero-order valence-corrected chi connectivity index (χ0v) is 13.0. The van der Waals surface area contributed by atoms with Crippen molar-refractivity contribution in [2.75, 3.05) is 26.2 Å². The predicted octanol–water partition coefficient (Wildman–Crippen LogP) is 2.25. The van der Waals surface area contributed by atoms with E-state index in [1.165, 1.54) is 32.4 Å². The van der Waals surface area contributed by atoms with Crippen LogP contribution in [0.25, 0.3) is 0 Å². The van der Waals surface area contributed by atoms with Gasteiger partial charge in [0.15, 0.2) is 0 Å². The summed E-state index contributed by atoms with van der Waals surface area (Å²) in [5.74, 6) is 0.569. The van der Waals surface area contributed by atoms with Gasteiger partial charge in [-0.05, 0) is 31.2 Å². The minimum atomic E-state index is -0.0570. The Kier molecular flexibility index (Phi) is 3.05. The molecule has 2 saturated heterocycles. The van der Waals surface area contributed by atoms with E-state index in [-0.39, 0.29) is 11.0 Å². The second-order valence-corrected chi connectivity index (χ2v) is 8.43. The maximum Gasteiger partial charge on any atom is 0.0690 e. The molecule has 0 amide bonds. The first-order valence-corrected chi connectivity index (χ1v) is 7.89. The van der Waals surface area contributed by atoms with Gasteiger partial charge in [-0.15, -0.1) is 0 Å². The highest BCUT2D eigenvalue weighted by molar-refractivity contribution is 5.21. The van der Waals surface area contributed by atoms with E-state index in [2.05, 4.69) is 32.6 Å². The molecule has 19 heavy (non-hydrogen) atoms. The van der Waals surface area contributed by atoms with Gasteiger partial charge in [0.05, 0.1) is 6.10 Å². The van der Waals surface area contributed by atoms with Crippen LogP contribution in [0.1, 0.15) is 47.0 Å². The second kappa shape index (κ2) is 4.19. The molecule has 3 nitrogen and oxygen atoms in total. The highest BCUT2D eigenvalue weighted by atomic mass is 16.5. The molecule has 3 rings (SSSR count). The van der Waals surface area contributed by atoms with Crippen LogP contribution in [0.3, 0.4) is 0 Å². The Morgan fingerprint density at radius 2 is 2.00 bits per heavy atom. The van der Waals surface area contributed by atoms with E-state index in [0.717, 1.165) is 13.2 Å². The summed E-state index contributed by atoms with van der Waals surface area (Å²) in [6.07, 6.45) is 4.12. The fraction of sp³-hybridized carbons (Fsp3) is 1.00. The summed E-state index contributed by atoms with van der Waals surface area (Å²) in [4.78, 5) is 2.59. The monoisotopic (exact) mass is 266 g/mol. The van der Waals surface area contributed by atoms with E-state index in [1.807, 2.05) is 0 Å². The molecule has 110 valence electrons. The second-order valence-electron chi connectivity index (χ2n) is 8.43. The van der Waals surface area contributed by atoms with E-state index < -0.39 is 0 Å². The largest absolute Gasteiger partial charge is 0.377 e. The number of nitrogens with zero attached hydrogens (tertiary/aromatic N) is 1. The third-order valence-corrected chi connectivity index (χ3v) is 6.14. The van der Waals surface area contributed by atoms with Crippen LogP contribution in [0, 0.1) is 16.7 Å². The normalized spacial score (nSPS) is 44.7. The SMILES string of the molecule is CC1(C)CCN(CC2(N)C3CCCOC3C2(C)C)C1. The molecule has 1 aliphatic carbocycles. The maximum atomic E-state index is 6.88. The highest BCUT2D eigenvalue weighted by Gasteiger charge is 2.66. The topological polar surface area (TPSA) is 38.5 Å². The molecule has 3 unspecified atom stereocenters. The fourth-order valence-electron chi connectivity index (χ4n) is 4.72. The van der Waals surface area contributed by atoms with E-state index in [4.69, 9.17) is 10.5 Å². The lowest BCUT2D eigenvalue weighted by Crippen LogP contribution is -2.80. The van der Waals surface area contributed by atoms with Crippen LogP contribution in [0.5, 0.6) is 0 Å². The van der Waals surface area contributed by atoms with E-state index >= 15 is 0 Å². The van der Waals surface area contributed by atoms with Gasteiger partial charge in [0, 0.05) is 36.6 Å². The van der Waals surface area contributed by atoms with Crippen LogP contribution in [-0.2, 0) is 4.74 Å². The van der Waals surface area contributed by atoms with E-state index in [0.29, 0.717) is 17.4 Å². The average molecular weight is 266 g/mol. The van der Waals surface area contributed by atoms with Crippen LogP contribution in [0.15, 0.2) is 0 Å². The fourth-order valence-corrected chi connectivity index (χ4v) is 4.72. The van der Waals surface area contributed by atoms with Crippen molar-refractivity contribution >= 4 is 0 Å². The molecule has 3 aliphatic rings. The zero-order valence-electron chi connectivity index (χ0n) is 13.0. The third-order valence-electron chi connectivity index (χ3n) is 6.14. The Morgan fingerprint density at radius 3 is 2.63 bits per heavy atom. The molecule has 0 radical (unpaired) electrons. The summed E-state index contributed by atoms with van der Waals surface area (Å²) in [5.41, 5.74) is 7.41. The number of rotatable bonds is 2. The Hall–Kier alpha value is -0.120. The van der Waals surface area contributed by atoms with Gasteiger partial charge in [0.2, 0.25) is 0 Å². The molecular weight excluding hydrogens is 236 g/mol. The molecule has 3 fully saturated rings. The molecule has 2 heterocycles. The lowest BCUT2D eigenvalue weighted by molar-refractivity contribution is -0.231. The van der Waals surface area contributed by atoms with Crippen LogP contribution in [0.2, 0.25) is 0 Å². The van der Waals surface area contributed by atoms with Crippen molar-refractivity contribution < 1.29 is 4.74 Å². The Morgan fingerprint density at radius 1 is 1.26 bits per heavy atom. The highest BCUT2D eigenvalue weighted by Crippen LogP contribution is 2.57. The molecule has 0 aromatic carbocycles. The summed E-state index contributed by atoms with van der Waals surface area (Å²) in [7, 11) is 0. The van der Waals surface area contributed by atoms with Gasteiger partial charge < -0.3 is 15.4 Å². The molecule has 3 heteroatoms. The number of nitrogens with two attached hydrogens (primary N) is 1. The van der Waals surface area contributed by atoms with Crippen LogP contribution >= 0.6 is 0 Å². The maximum absolute atomic E-state index is 6.88. The summed E-state index contributed by atoms with van der Waals surface area (Å²) in [6.45, 7) is 13.7. The molecule has 0 spiro atoms. The Bertz CT molecular complexity index is 366. The number of fused-ring (bicyclic) bond motifs is 1. The lowest BCUT2D eigenvalue weighted by Gasteiger charge is -2.67. The van der Waals surface area contributed by atoms with Crippen molar-refractivity contribution in [1.82, 2.24) is 4.90 Å². The lowest BCUT2D eigenvalue weighted by atomic mass is 9.46. The molecular formula is C16H30N2O. The number of hydrogen-bond acceptors (Lipinski definition) is 3. The van der Waals surface area contributed by atoms with Crippen molar-refractivity contribution in [3.63, 3.8) is 0 Å². The van der Waals surface area contributed by atoms with Crippen molar-refractivity contribution in [3.05, 3.63) is 0 Å². The van der Waals surface area contributed by atoms with Gasteiger partial charge in [0.25, 0.3) is 0 Å². The Balaban J connectivity index is 1.72. The standard InChI is InChI=1S/C16H30N2O/c1-14(2)7-8-18(10-14)11-16(17)12-6-5-9-19-13(12)15(16,3)4/h12-13H,5-11,17H2,1-4H3. The summed E-state index contributed by atoms with van der Waals surface area (Å²) < 4.78 is 5.99.